The molecule has 1 aromatic heterocycles. The molecule has 0 aliphatic heterocycles. The largest absolute Gasteiger partial charge is 0.345 e. The standard InChI is InChI=1S/C26H33N3O/c1-3-5-9-17-29(26(30)27-24-15-10-14-22(4-2)19-24)21-25-16-11-18-28(25)20-23-12-7-6-8-13-23/h6-8,10-16,18-19H,3-5,9,17,20-21H2,1-2H3,(H,27,30). The molecule has 3 aromatic rings. The summed E-state index contributed by atoms with van der Waals surface area (Å²) in [5.74, 6) is 0. The summed E-state index contributed by atoms with van der Waals surface area (Å²) in [4.78, 5) is 15.0. The second kappa shape index (κ2) is 11.2. The molecule has 0 spiro atoms. The Kier molecular flexibility index (Phi) is 8.13. The minimum Gasteiger partial charge on any atom is -0.345 e. The van der Waals surface area contributed by atoms with Crippen molar-refractivity contribution in [2.45, 2.75) is 52.6 Å². The van der Waals surface area contributed by atoms with E-state index in [1.54, 1.807) is 0 Å². The monoisotopic (exact) mass is 403 g/mol. The lowest BCUT2D eigenvalue weighted by atomic mass is 10.1. The zero-order chi connectivity index (χ0) is 21.2. The Bertz CT molecular complexity index is 917. The SMILES string of the molecule is CCCCCN(Cc1cccn1Cc1ccccc1)C(=O)Nc1cccc(CC)c1. The Morgan fingerprint density at radius 1 is 0.933 bits per heavy atom. The number of unbranched alkanes of at least 4 members (excludes halogenated alkanes) is 2. The van der Waals surface area contributed by atoms with Gasteiger partial charge in [0.2, 0.25) is 0 Å². The predicted octanol–water partition coefficient (Wildman–Crippen LogP) is 6.32. The molecule has 0 bridgehead atoms. The van der Waals surface area contributed by atoms with Crippen LogP contribution in [0.2, 0.25) is 0 Å². The Hall–Kier alpha value is -3.01. The van der Waals surface area contributed by atoms with E-state index in [0.29, 0.717) is 6.54 Å². The molecule has 2 aromatic carbocycles. The Balaban J connectivity index is 1.72. The number of amides is 2. The maximum Gasteiger partial charge on any atom is 0.322 e. The molecular formula is C26H33N3O. The third-order valence-corrected chi connectivity index (χ3v) is 5.38. The van der Waals surface area contributed by atoms with Crippen LogP contribution in [0.3, 0.4) is 0 Å². The van der Waals surface area contributed by atoms with E-state index in [4.69, 9.17) is 0 Å². The molecule has 0 aliphatic carbocycles. The molecule has 158 valence electrons. The van der Waals surface area contributed by atoms with Gasteiger partial charge in [-0.25, -0.2) is 4.79 Å². The third kappa shape index (κ3) is 6.24. The molecule has 30 heavy (non-hydrogen) atoms. The van der Waals surface area contributed by atoms with Crippen molar-refractivity contribution in [2.24, 2.45) is 0 Å². The fourth-order valence-electron chi connectivity index (χ4n) is 3.60. The van der Waals surface area contributed by atoms with Crippen LogP contribution in [0.25, 0.3) is 0 Å². The van der Waals surface area contributed by atoms with Gasteiger partial charge in [-0.05, 0) is 48.2 Å². The number of anilines is 1. The van der Waals surface area contributed by atoms with Gasteiger partial charge in [0.15, 0.2) is 0 Å². The van der Waals surface area contributed by atoms with Crippen molar-refractivity contribution in [3.05, 3.63) is 89.7 Å². The molecule has 0 saturated heterocycles. The van der Waals surface area contributed by atoms with Crippen molar-refractivity contribution in [3.8, 4) is 0 Å². The van der Waals surface area contributed by atoms with E-state index in [9.17, 15) is 4.79 Å². The number of rotatable bonds is 10. The van der Waals surface area contributed by atoms with Gasteiger partial charge in [-0.3, -0.25) is 0 Å². The molecule has 1 heterocycles. The molecule has 0 atom stereocenters. The first-order chi connectivity index (χ1) is 14.7. The number of nitrogens with one attached hydrogen (secondary N) is 1. The summed E-state index contributed by atoms with van der Waals surface area (Å²) in [7, 11) is 0. The van der Waals surface area contributed by atoms with E-state index in [2.05, 4.69) is 78.5 Å². The van der Waals surface area contributed by atoms with Gasteiger partial charge in [-0.1, -0.05) is 69.2 Å². The fourth-order valence-corrected chi connectivity index (χ4v) is 3.60. The number of benzene rings is 2. The van der Waals surface area contributed by atoms with Gasteiger partial charge in [0.1, 0.15) is 0 Å². The van der Waals surface area contributed by atoms with Crippen molar-refractivity contribution in [2.75, 3.05) is 11.9 Å². The van der Waals surface area contributed by atoms with E-state index in [1.807, 2.05) is 23.1 Å². The highest BCUT2D eigenvalue weighted by Crippen LogP contribution is 2.15. The summed E-state index contributed by atoms with van der Waals surface area (Å²) >= 11 is 0. The number of urea groups is 1. The highest BCUT2D eigenvalue weighted by atomic mass is 16.2. The first kappa shape index (κ1) is 21.7. The highest BCUT2D eigenvalue weighted by molar-refractivity contribution is 5.89. The molecule has 3 rings (SSSR count). The lowest BCUT2D eigenvalue weighted by Crippen LogP contribution is -2.36. The molecule has 0 radical (unpaired) electrons. The maximum atomic E-state index is 13.1. The van der Waals surface area contributed by atoms with Gasteiger partial charge < -0.3 is 14.8 Å². The number of hydrogen-bond acceptors (Lipinski definition) is 1. The van der Waals surface area contributed by atoms with Crippen LogP contribution in [0.4, 0.5) is 10.5 Å². The second-order valence-electron chi connectivity index (χ2n) is 7.73. The number of aromatic nitrogens is 1. The first-order valence-electron chi connectivity index (χ1n) is 11.0. The van der Waals surface area contributed by atoms with E-state index < -0.39 is 0 Å². The van der Waals surface area contributed by atoms with Crippen LogP contribution >= 0.6 is 0 Å². The van der Waals surface area contributed by atoms with E-state index >= 15 is 0 Å². The fraction of sp³-hybridized carbons (Fsp3) is 0.346. The van der Waals surface area contributed by atoms with Crippen molar-refractivity contribution in [3.63, 3.8) is 0 Å². The molecule has 0 fully saturated rings. The maximum absolute atomic E-state index is 13.1. The van der Waals surface area contributed by atoms with Crippen molar-refractivity contribution < 1.29 is 4.79 Å². The van der Waals surface area contributed by atoms with Crippen LogP contribution < -0.4 is 5.32 Å². The zero-order valence-electron chi connectivity index (χ0n) is 18.2. The normalized spacial score (nSPS) is 10.7. The summed E-state index contributed by atoms with van der Waals surface area (Å²) in [6, 6.07) is 22.7. The lowest BCUT2D eigenvalue weighted by molar-refractivity contribution is 0.206. The molecule has 2 amide bonds. The topological polar surface area (TPSA) is 37.3 Å². The van der Waals surface area contributed by atoms with Crippen LogP contribution in [-0.4, -0.2) is 22.0 Å². The second-order valence-corrected chi connectivity index (χ2v) is 7.73. The van der Waals surface area contributed by atoms with Gasteiger partial charge in [0.05, 0.1) is 6.54 Å². The van der Waals surface area contributed by atoms with Crippen LogP contribution in [0, 0.1) is 0 Å². The van der Waals surface area contributed by atoms with Crippen LogP contribution in [0.15, 0.2) is 72.9 Å². The summed E-state index contributed by atoms with van der Waals surface area (Å²) in [5, 5.41) is 3.10. The quantitative estimate of drug-likeness (QED) is 0.395. The summed E-state index contributed by atoms with van der Waals surface area (Å²) < 4.78 is 2.23. The Morgan fingerprint density at radius 2 is 1.73 bits per heavy atom. The minimum atomic E-state index is -0.0354. The van der Waals surface area contributed by atoms with Crippen molar-refractivity contribution in [1.82, 2.24) is 9.47 Å². The number of aryl methyl sites for hydroxylation is 1. The number of nitrogens with zero attached hydrogens (tertiary/aromatic N) is 2. The van der Waals surface area contributed by atoms with Gasteiger partial charge in [0.25, 0.3) is 0 Å². The number of carbonyl (C=O) groups excluding carboxylic acids is 1. The van der Waals surface area contributed by atoms with Gasteiger partial charge in [-0.2, -0.15) is 0 Å². The lowest BCUT2D eigenvalue weighted by Gasteiger charge is -2.24. The van der Waals surface area contributed by atoms with Crippen molar-refractivity contribution >= 4 is 11.7 Å². The average molecular weight is 404 g/mol. The minimum absolute atomic E-state index is 0.0354. The molecule has 4 nitrogen and oxygen atoms in total. The molecule has 0 aliphatic rings. The van der Waals surface area contributed by atoms with Gasteiger partial charge >= 0.3 is 6.03 Å². The highest BCUT2D eigenvalue weighted by Gasteiger charge is 2.16. The smallest absolute Gasteiger partial charge is 0.322 e. The number of carbonyl (C=O) groups is 1. The van der Waals surface area contributed by atoms with E-state index in [0.717, 1.165) is 50.2 Å². The summed E-state index contributed by atoms with van der Waals surface area (Å²) in [6.07, 6.45) is 6.32. The van der Waals surface area contributed by atoms with E-state index in [-0.39, 0.29) is 6.03 Å². The summed E-state index contributed by atoms with van der Waals surface area (Å²) in [6.45, 7) is 6.48. The summed E-state index contributed by atoms with van der Waals surface area (Å²) in [5.41, 5.74) is 4.49. The first-order valence-corrected chi connectivity index (χ1v) is 11.0. The third-order valence-electron chi connectivity index (χ3n) is 5.38. The van der Waals surface area contributed by atoms with Crippen molar-refractivity contribution in [1.29, 1.82) is 0 Å². The average Bonchev–Trinajstić information content (AvgIpc) is 3.20. The zero-order valence-corrected chi connectivity index (χ0v) is 18.2. The molecule has 1 N–H and O–H groups in total. The van der Waals surface area contributed by atoms with E-state index in [1.165, 1.54) is 11.1 Å². The Labute approximate surface area is 180 Å². The molecule has 0 unspecified atom stereocenters. The predicted molar refractivity (Wildman–Crippen MR) is 125 cm³/mol. The van der Waals surface area contributed by atoms with Crippen LogP contribution in [-0.2, 0) is 19.5 Å². The number of hydrogen-bond donors (Lipinski definition) is 1. The molecular weight excluding hydrogens is 370 g/mol. The Morgan fingerprint density at radius 3 is 2.50 bits per heavy atom. The molecule has 0 saturated carbocycles. The van der Waals surface area contributed by atoms with Gasteiger partial charge in [0, 0.05) is 30.7 Å². The molecule has 4 heteroatoms. The van der Waals surface area contributed by atoms with Crippen LogP contribution in [0.1, 0.15) is 49.9 Å². The van der Waals surface area contributed by atoms with Crippen LogP contribution in [0.5, 0.6) is 0 Å². The van der Waals surface area contributed by atoms with Gasteiger partial charge in [-0.15, -0.1) is 0 Å².